The van der Waals surface area contributed by atoms with Gasteiger partial charge in [0.05, 0.1) is 6.04 Å². The third-order valence-corrected chi connectivity index (χ3v) is 2.99. The Balaban J connectivity index is 4.13. The average molecular weight is 242 g/mol. The largest absolute Gasteiger partial charge is 0.352 e. The number of hydrogen-bond donors (Lipinski definition) is 2. The van der Waals surface area contributed by atoms with Gasteiger partial charge in [0.15, 0.2) is 0 Å². The van der Waals surface area contributed by atoms with E-state index in [1.165, 1.54) is 0 Å². The maximum absolute atomic E-state index is 11.9. The summed E-state index contributed by atoms with van der Waals surface area (Å²) in [5, 5.41) is 6.44. The molecule has 0 spiro atoms. The molecule has 0 saturated heterocycles. The lowest BCUT2D eigenvalue weighted by Crippen LogP contribution is -2.52. The van der Waals surface area contributed by atoms with Gasteiger partial charge in [-0.15, -0.1) is 0 Å². The lowest BCUT2D eigenvalue weighted by molar-refractivity contribution is -0.123. The molecule has 2 atom stereocenters. The van der Waals surface area contributed by atoms with Crippen LogP contribution in [0.4, 0.5) is 0 Å². The van der Waals surface area contributed by atoms with Crippen molar-refractivity contribution in [1.29, 1.82) is 0 Å². The summed E-state index contributed by atoms with van der Waals surface area (Å²) >= 11 is 0. The van der Waals surface area contributed by atoms with Crippen molar-refractivity contribution >= 4 is 5.91 Å². The lowest BCUT2D eigenvalue weighted by Gasteiger charge is -2.30. The van der Waals surface area contributed by atoms with Crippen LogP contribution in [0.2, 0.25) is 0 Å². The summed E-state index contributed by atoms with van der Waals surface area (Å²) in [4.78, 5) is 11.9. The highest BCUT2D eigenvalue weighted by Crippen LogP contribution is 2.11. The van der Waals surface area contributed by atoms with E-state index in [0.29, 0.717) is 0 Å². The van der Waals surface area contributed by atoms with E-state index in [0.717, 1.165) is 25.7 Å². The number of rotatable bonds is 8. The molecular weight excluding hydrogens is 212 g/mol. The number of carbonyl (C=O) groups excluding carboxylic acids is 1. The Labute approximate surface area is 107 Å². The van der Waals surface area contributed by atoms with Crippen molar-refractivity contribution in [3.63, 3.8) is 0 Å². The standard InChI is InChI=1S/C14H30N2O/c1-7-9-11(3)15-13(17)12(4)16-14(5,6)10-8-2/h11-12,16H,7-10H2,1-6H3,(H,15,17). The van der Waals surface area contributed by atoms with E-state index in [4.69, 9.17) is 0 Å². The van der Waals surface area contributed by atoms with Crippen molar-refractivity contribution in [2.45, 2.75) is 84.8 Å². The van der Waals surface area contributed by atoms with Crippen molar-refractivity contribution in [2.24, 2.45) is 0 Å². The second kappa shape index (κ2) is 7.70. The van der Waals surface area contributed by atoms with E-state index in [1.54, 1.807) is 0 Å². The molecule has 0 fully saturated rings. The third kappa shape index (κ3) is 7.37. The van der Waals surface area contributed by atoms with E-state index in [1.807, 2.05) is 6.92 Å². The number of carbonyl (C=O) groups is 1. The van der Waals surface area contributed by atoms with Gasteiger partial charge in [-0.1, -0.05) is 26.7 Å². The van der Waals surface area contributed by atoms with Gasteiger partial charge in [0.2, 0.25) is 5.91 Å². The van der Waals surface area contributed by atoms with Crippen LogP contribution in [-0.2, 0) is 4.79 Å². The first-order chi connectivity index (χ1) is 7.82. The maximum atomic E-state index is 11.9. The quantitative estimate of drug-likeness (QED) is 0.687. The summed E-state index contributed by atoms with van der Waals surface area (Å²) in [5.74, 6) is 0.107. The van der Waals surface area contributed by atoms with Gasteiger partial charge in [-0.05, 0) is 40.5 Å². The lowest BCUT2D eigenvalue weighted by atomic mass is 9.97. The van der Waals surface area contributed by atoms with Crippen molar-refractivity contribution in [3.8, 4) is 0 Å². The van der Waals surface area contributed by atoms with Crippen molar-refractivity contribution in [1.82, 2.24) is 10.6 Å². The molecule has 1 amide bonds. The van der Waals surface area contributed by atoms with Gasteiger partial charge >= 0.3 is 0 Å². The van der Waals surface area contributed by atoms with Gasteiger partial charge in [-0.25, -0.2) is 0 Å². The highest BCUT2D eigenvalue weighted by atomic mass is 16.2. The Hall–Kier alpha value is -0.570. The summed E-state index contributed by atoms with van der Waals surface area (Å²) < 4.78 is 0. The minimum absolute atomic E-state index is 0.0273. The Morgan fingerprint density at radius 2 is 1.76 bits per heavy atom. The third-order valence-electron chi connectivity index (χ3n) is 2.99. The fourth-order valence-electron chi connectivity index (χ4n) is 2.22. The van der Waals surface area contributed by atoms with Crippen molar-refractivity contribution in [2.75, 3.05) is 0 Å². The molecule has 0 aliphatic carbocycles. The molecule has 0 aromatic heterocycles. The summed E-state index contributed by atoms with van der Waals surface area (Å²) in [7, 11) is 0. The second-order valence-electron chi connectivity index (χ2n) is 5.70. The molecule has 0 radical (unpaired) electrons. The molecule has 0 bridgehead atoms. The molecule has 0 aliphatic rings. The van der Waals surface area contributed by atoms with Crippen LogP contribution in [0.25, 0.3) is 0 Å². The fraction of sp³-hybridized carbons (Fsp3) is 0.929. The van der Waals surface area contributed by atoms with Crippen LogP contribution in [0.3, 0.4) is 0 Å². The van der Waals surface area contributed by atoms with Crippen LogP contribution >= 0.6 is 0 Å². The molecule has 0 saturated carbocycles. The zero-order valence-electron chi connectivity index (χ0n) is 12.4. The zero-order valence-corrected chi connectivity index (χ0v) is 12.4. The van der Waals surface area contributed by atoms with Gasteiger partial charge < -0.3 is 10.6 Å². The first-order valence-corrected chi connectivity index (χ1v) is 6.90. The van der Waals surface area contributed by atoms with Gasteiger partial charge in [0.25, 0.3) is 0 Å². The maximum Gasteiger partial charge on any atom is 0.237 e. The first kappa shape index (κ1) is 16.4. The summed E-state index contributed by atoms with van der Waals surface area (Å²) in [6.07, 6.45) is 4.34. The van der Waals surface area contributed by atoms with Gasteiger partial charge in [0, 0.05) is 11.6 Å². The molecule has 0 heterocycles. The van der Waals surface area contributed by atoms with Crippen LogP contribution in [0.1, 0.15) is 67.2 Å². The molecule has 0 rings (SSSR count). The van der Waals surface area contributed by atoms with E-state index in [-0.39, 0.29) is 23.5 Å². The average Bonchev–Trinajstić information content (AvgIpc) is 2.16. The number of nitrogens with one attached hydrogen (secondary N) is 2. The van der Waals surface area contributed by atoms with E-state index >= 15 is 0 Å². The fourth-order valence-corrected chi connectivity index (χ4v) is 2.22. The molecule has 17 heavy (non-hydrogen) atoms. The minimum Gasteiger partial charge on any atom is -0.352 e. The highest BCUT2D eigenvalue weighted by molar-refractivity contribution is 5.81. The van der Waals surface area contributed by atoms with Crippen LogP contribution in [0.5, 0.6) is 0 Å². The summed E-state index contributed by atoms with van der Waals surface area (Å²) in [6, 6.07) is 0.141. The van der Waals surface area contributed by atoms with Crippen LogP contribution in [-0.4, -0.2) is 23.5 Å². The monoisotopic (exact) mass is 242 g/mol. The Bertz CT molecular complexity index is 226. The van der Waals surface area contributed by atoms with E-state index < -0.39 is 0 Å². The van der Waals surface area contributed by atoms with Crippen molar-refractivity contribution in [3.05, 3.63) is 0 Å². The molecule has 0 aromatic carbocycles. The van der Waals surface area contributed by atoms with Gasteiger partial charge in [-0.3, -0.25) is 4.79 Å². The summed E-state index contributed by atoms with van der Waals surface area (Å²) in [6.45, 7) is 12.6. The van der Waals surface area contributed by atoms with E-state index in [9.17, 15) is 4.79 Å². The Morgan fingerprint density at radius 1 is 1.18 bits per heavy atom. The van der Waals surface area contributed by atoms with Crippen LogP contribution < -0.4 is 10.6 Å². The normalized spacial score (nSPS) is 15.4. The van der Waals surface area contributed by atoms with Crippen molar-refractivity contribution < 1.29 is 4.79 Å². The zero-order chi connectivity index (χ0) is 13.5. The predicted octanol–water partition coefficient (Wildman–Crippen LogP) is 2.85. The Kier molecular flexibility index (Phi) is 7.44. The number of hydrogen-bond acceptors (Lipinski definition) is 2. The van der Waals surface area contributed by atoms with Gasteiger partial charge in [0.1, 0.15) is 0 Å². The van der Waals surface area contributed by atoms with Crippen LogP contribution in [0, 0.1) is 0 Å². The molecule has 0 aromatic rings. The summed E-state index contributed by atoms with van der Waals surface area (Å²) in [5.41, 5.74) is 0.0273. The smallest absolute Gasteiger partial charge is 0.237 e. The topological polar surface area (TPSA) is 41.1 Å². The molecular formula is C14H30N2O. The Morgan fingerprint density at radius 3 is 2.24 bits per heavy atom. The molecule has 3 heteroatoms. The SMILES string of the molecule is CCCC(C)NC(=O)C(C)NC(C)(C)CCC. The minimum atomic E-state index is -0.129. The second-order valence-corrected chi connectivity index (χ2v) is 5.70. The molecule has 2 N–H and O–H groups in total. The predicted molar refractivity (Wildman–Crippen MR) is 74.1 cm³/mol. The number of amides is 1. The first-order valence-electron chi connectivity index (χ1n) is 6.90. The molecule has 0 aliphatic heterocycles. The van der Waals surface area contributed by atoms with Crippen LogP contribution in [0.15, 0.2) is 0 Å². The molecule has 2 unspecified atom stereocenters. The molecule has 102 valence electrons. The van der Waals surface area contributed by atoms with E-state index in [2.05, 4.69) is 45.3 Å². The molecule has 3 nitrogen and oxygen atoms in total. The van der Waals surface area contributed by atoms with Gasteiger partial charge in [-0.2, -0.15) is 0 Å². The highest BCUT2D eigenvalue weighted by Gasteiger charge is 2.23.